The predicted molar refractivity (Wildman–Crippen MR) is 77.2 cm³/mol. The van der Waals surface area contributed by atoms with Crippen molar-refractivity contribution in [2.75, 3.05) is 6.61 Å². The zero-order chi connectivity index (χ0) is 14.4. The Labute approximate surface area is 120 Å². The van der Waals surface area contributed by atoms with Crippen LogP contribution >= 0.6 is 0 Å². The number of carbonyl (C=O) groups excluding carboxylic acids is 1. The largest absolute Gasteiger partial charge is 0.465 e. The van der Waals surface area contributed by atoms with Crippen LogP contribution in [0.1, 0.15) is 44.2 Å². The lowest BCUT2D eigenvalue weighted by molar-refractivity contribution is -0.146. The predicted octanol–water partition coefficient (Wildman–Crippen LogP) is 2.18. The van der Waals surface area contributed by atoms with Crippen LogP contribution in [0.5, 0.6) is 0 Å². The Kier molecular flexibility index (Phi) is 5.56. The number of esters is 1. The minimum Gasteiger partial charge on any atom is -0.465 e. The summed E-state index contributed by atoms with van der Waals surface area (Å²) in [5.74, 6) is -0.281. The third-order valence-corrected chi connectivity index (χ3v) is 3.77. The second kappa shape index (κ2) is 7.41. The van der Waals surface area contributed by atoms with Gasteiger partial charge in [-0.15, -0.1) is 0 Å². The van der Waals surface area contributed by atoms with Crippen LogP contribution in [0.4, 0.5) is 0 Å². The molecule has 110 valence electrons. The molecule has 1 aliphatic rings. The molecule has 1 fully saturated rings. The van der Waals surface area contributed by atoms with Gasteiger partial charge < -0.3 is 9.84 Å². The number of nitrogens with one attached hydrogen (secondary N) is 1. The van der Waals surface area contributed by atoms with Crippen molar-refractivity contribution >= 4 is 5.97 Å². The second-order valence-electron chi connectivity index (χ2n) is 5.22. The lowest BCUT2D eigenvalue weighted by atomic mass is 9.91. The maximum atomic E-state index is 12.2. The number of hydrogen-bond donors (Lipinski definition) is 2. The molecule has 2 rings (SSSR count). The average molecular weight is 277 g/mol. The number of benzene rings is 1. The van der Waals surface area contributed by atoms with Crippen LogP contribution in [-0.2, 0) is 9.53 Å². The number of carbonyl (C=O) groups is 1. The first-order chi connectivity index (χ1) is 9.72. The molecule has 2 N–H and O–H groups in total. The fraction of sp³-hybridized carbons (Fsp3) is 0.562. The van der Waals surface area contributed by atoms with E-state index in [9.17, 15) is 9.90 Å². The van der Waals surface area contributed by atoms with Gasteiger partial charge in [-0.3, -0.25) is 5.32 Å². The van der Waals surface area contributed by atoms with E-state index in [-0.39, 0.29) is 18.1 Å². The first-order valence-corrected chi connectivity index (χ1v) is 7.38. The van der Waals surface area contributed by atoms with Crippen LogP contribution in [-0.4, -0.2) is 29.8 Å². The molecule has 0 bridgehead atoms. The lowest BCUT2D eigenvalue weighted by Gasteiger charge is -2.31. The summed E-state index contributed by atoms with van der Waals surface area (Å²) in [4.78, 5) is 12.2. The van der Waals surface area contributed by atoms with Crippen LogP contribution < -0.4 is 5.32 Å². The molecule has 1 aromatic carbocycles. The van der Waals surface area contributed by atoms with Crippen molar-refractivity contribution < 1.29 is 14.6 Å². The minimum absolute atomic E-state index is 0.0432. The Morgan fingerprint density at radius 1 is 1.35 bits per heavy atom. The number of hydrogen-bond acceptors (Lipinski definition) is 4. The molecule has 0 amide bonds. The van der Waals surface area contributed by atoms with Gasteiger partial charge >= 0.3 is 5.97 Å². The minimum atomic E-state index is -0.506. The first kappa shape index (κ1) is 15.0. The van der Waals surface area contributed by atoms with Crippen molar-refractivity contribution in [1.29, 1.82) is 0 Å². The summed E-state index contributed by atoms with van der Waals surface area (Å²) in [6.07, 6.45) is 3.43. The third-order valence-electron chi connectivity index (χ3n) is 3.77. The Balaban J connectivity index is 2.12. The molecule has 0 heterocycles. The maximum absolute atomic E-state index is 12.2. The molecule has 3 unspecified atom stereocenters. The Morgan fingerprint density at radius 2 is 2.05 bits per heavy atom. The fourth-order valence-electron chi connectivity index (χ4n) is 2.69. The summed E-state index contributed by atoms with van der Waals surface area (Å²) in [5.41, 5.74) is 0.878. The summed E-state index contributed by atoms with van der Waals surface area (Å²) in [6, 6.07) is 8.99. The number of rotatable bonds is 5. The highest BCUT2D eigenvalue weighted by Gasteiger charge is 2.29. The van der Waals surface area contributed by atoms with Gasteiger partial charge in [0.2, 0.25) is 0 Å². The SMILES string of the molecule is CCOC(=O)C(NC1CCCCC1O)c1ccccc1. The van der Waals surface area contributed by atoms with Crippen molar-refractivity contribution in [3.8, 4) is 0 Å². The fourth-order valence-corrected chi connectivity index (χ4v) is 2.69. The van der Waals surface area contributed by atoms with E-state index in [4.69, 9.17) is 4.74 Å². The van der Waals surface area contributed by atoms with Crippen LogP contribution in [0.25, 0.3) is 0 Å². The summed E-state index contributed by atoms with van der Waals surface area (Å²) in [6.45, 7) is 2.16. The normalized spacial score (nSPS) is 24.1. The van der Waals surface area contributed by atoms with E-state index in [1.807, 2.05) is 30.3 Å². The highest BCUT2D eigenvalue weighted by Crippen LogP contribution is 2.23. The van der Waals surface area contributed by atoms with E-state index < -0.39 is 6.04 Å². The molecule has 0 radical (unpaired) electrons. The summed E-state index contributed by atoms with van der Waals surface area (Å²) in [7, 11) is 0. The monoisotopic (exact) mass is 277 g/mol. The Bertz CT molecular complexity index is 421. The van der Waals surface area contributed by atoms with Gasteiger partial charge in [-0.05, 0) is 25.3 Å². The number of ether oxygens (including phenoxy) is 1. The molecule has 0 saturated heterocycles. The Hall–Kier alpha value is -1.39. The van der Waals surface area contributed by atoms with Gasteiger partial charge in [0, 0.05) is 6.04 Å². The lowest BCUT2D eigenvalue weighted by Crippen LogP contribution is -2.46. The van der Waals surface area contributed by atoms with Gasteiger partial charge in [-0.1, -0.05) is 43.2 Å². The highest BCUT2D eigenvalue weighted by atomic mass is 16.5. The van der Waals surface area contributed by atoms with Crippen molar-refractivity contribution in [2.24, 2.45) is 0 Å². The molecule has 0 aliphatic heterocycles. The van der Waals surface area contributed by atoms with Gasteiger partial charge in [0.05, 0.1) is 12.7 Å². The molecule has 3 atom stereocenters. The van der Waals surface area contributed by atoms with E-state index in [0.29, 0.717) is 6.61 Å². The van der Waals surface area contributed by atoms with Crippen molar-refractivity contribution in [3.63, 3.8) is 0 Å². The molecule has 0 aromatic heterocycles. The zero-order valence-corrected chi connectivity index (χ0v) is 11.9. The van der Waals surface area contributed by atoms with Crippen LogP contribution in [0.15, 0.2) is 30.3 Å². The first-order valence-electron chi connectivity index (χ1n) is 7.38. The maximum Gasteiger partial charge on any atom is 0.327 e. The van der Waals surface area contributed by atoms with Gasteiger partial charge in [0.25, 0.3) is 0 Å². The topological polar surface area (TPSA) is 58.6 Å². The van der Waals surface area contributed by atoms with Crippen molar-refractivity contribution in [2.45, 2.75) is 50.8 Å². The Morgan fingerprint density at radius 3 is 2.70 bits per heavy atom. The smallest absolute Gasteiger partial charge is 0.327 e. The number of aliphatic hydroxyl groups is 1. The standard InChI is InChI=1S/C16H23NO3/c1-2-20-16(19)15(12-8-4-3-5-9-12)17-13-10-6-7-11-14(13)18/h3-5,8-9,13-15,17-18H,2,6-7,10-11H2,1H3. The molecule has 1 aromatic rings. The molecule has 20 heavy (non-hydrogen) atoms. The summed E-state index contributed by atoms with van der Waals surface area (Å²) >= 11 is 0. The van der Waals surface area contributed by atoms with Gasteiger partial charge in [-0.25, -0.2) is 4.79 Å². The van der Waals surface area contributed by atoms with Crippen LogP contribution in [0.3, 0.4) is 0 Å². The van der Waals surface area contributed by atoms with Crippen molar-refractivity contribution in [3.05, 3.63) is 35.9 Å². The molecule has 4 nitrogen and oxygen atoms in total. The zero-order valence-electron chi connectivity index (χ0n) is 11.9. The molecular weight excluding hydrogens is 254 g/mol. The van der Waals surface area contributed by atoms with Crippen LogP contribution in [0, 0.1) is 0 Å². The number of aliphatic hydroxyl groups excluding tert-OH is 1. The van der Waals surface area contributed by atoms with E-state index in [1.54, 1.807) is 6.92 Å². The van der Waals surface area contributed by atoms with Crippen LogP contribution in [0.2, 0.25) is 0 Å². The summed E-state index contributed by atoms with van der Waals surface area (Å²) in [5, 5.41) is 13.3. The molecular formula is C16H23NO3. The van der Waals surface area contributed by atoms with E-state index in [1.165, 1.54) is 0 Å². The third kappa shape index (κ3) is 3.81. The highest BCUT2D eigenvalue weighted by molar-refractivity contribution is 5.77. The summed E-state index contributed by atoms with van der Waals surface area (Å²) < 4.78 is 5.15. The van der Waals surface area contributed by atoms with Crippen molar-refractivity contribution in [1.82, 2.24) is 5.32 Å². The molecule has 1 saturated carbocycles. The molecule has 4 heteroatoms. The molecule has 0 spiro atoms. The average Bonchev–Trinajstić information content (AvgIpc) is 2.47. The second-order valence-corrected chi connectivity index (χ2v) is 5.22. The van der Waals surface area contributed by atoms with E-state index in [2.05, 4.69) is 5.32 Å². The van der Waals surface area contributed by atoms with E-state index >= 15 is 0 Å². The van der Waals surface area contributed by atoms with Gasteiger partial charge in [0.1, 0.15) is 6.04 Å². The van der Waals surface area contributed by atoms with E-state index in [0.717, 1.165) is 31.2 Å². The van der Waals surface area contributed by atoms with Gasteiger partial charge in [0.15, 0.2) is 0 Å². The molecule has 1 aliphatic carbocycles. The van der Waals surface area contributed by atoms with Gasteiger partial charge in [-0.2, -0.15) is 0 Å². The quantitative estimate of drug-likeness (QED) is 0.810.